The minimum atomic E-state index is -0.360. The first kappa shape index (κ1) is 15.2. The Balaban J connectivity index is 1.67. The van der Waals surface area contributed by atoms with E-state index in [0.29, 0.717) is 17.2 Å². The molecular formula is C18H20N2O3. The van der Waals surface area contributed by atoms with Crippen molar-refractivity contribution in [2.75, 3.05) is 17.4 Å². The van der Waals surface area contributed by atoms with Crippen molar-refractivity contribution in [3.63, 3.8) is 0 Å². The molecule has 2 N–H and O–H groups in total. The molecule has 0 saturated carbocycles. The van der Waals surface area contributed by atoms with Gasteiger partial charge in [0.2, 0.25) is 12.7 Å². The van der Waals surface area contributed by atoms with Gasteiger partial charge in [0.25, 0.3) is 0 Å². The molecule has 5 heteroatoms. The number of fused-ring (bicyclic) bond motifs is 1. The average Bonchev–Trinajstić information content (AvgIpc) is 2.98. The Kier molecular flexibility index (Phi) is 4.10. The Hall–Kier alpha value is -2.69. The third-order valence-electron chi connectivity index (χ3n) is 3.80. The summed E-state index contributed by atoms with van der Waals surface area (Å²) in [6.45, 7) is 6.10. The lowest BCUT2D eigenvalue weighted by molar-refractivity contribution is -0.116. The van der Waals surface area contributed by atoms with Crippen molar-refractivity contribution in [3.05, 3.63) is 47.5 Å². The fraction of sp³-hybridized carbons (Fsp3) is 0.278. The van der Waals surface area contributed by atoms with Crippen LogP contribution in [0.25, 0.3) is 0 Å². The molecule has 0 aromatic heterocycles. The molecule has 2 aromatic rings. The van der Waals surface area contributed by atoms with Gasteiger partial charge in [-0.15, -0.1) is 0 Å². The number of ether oxygens (including phenoxy) is 2. The van der Waals surface area contributed by atoms with Crippen molar-refractivity contribution in [2.45, 2.75) is 26.8 Å². The maximum atomic E-state index is 12.4. The maximum Gasteiger partial charge on any atom is 0.246 e. The van der Waals surface area contributed by atoms with E-state index in [1.807, 2.05) is 32.9 Å². The second-order valence-electron chi connectivity index (χ2n) is 5.74. The molecule has 2 aromatic carbocycles. The summed E-state index contributed by atoms with van der Waals surface area (Å²) in [5.74, 6) is 1.24. The van der Waals surface area contributed by atoms with Crippen LogP contribution >= 0.6 is 0 Å². The standard InChI is InChI=1S/C18H20N2O3/c1-11-4-5-12(2)15(8-11)19-13(3)18(21)20-14-6-7-16-17(9-14)23-10-22-16/h4-9,13,19H,10H2,1-3H3,(H,20,21). The summed E-state index contributed by atoms with van der Waals surface area (Å²) in [5.41, 5.74) is 3.92. The smallest absolute Gasteiger partial charge is 0.246 e. The van der Waals surface area contributed by atoms with Crippen molar-refractivity contribution in [1.82, 2.24) is 0 Å². The summed E-state index contributed by atoms with van der Waals surface area (Å²) in [6, 6.07) is 11.1. The first-order valence-electron chi connectivity index (χ1n) is 7.57. The van der Waals surface area contributed by atoms with Crippen molar-refractivity contribution in [1.29, 1.82) is 0 Å². The summed E-state index contributed by atoms with van der Waals surface area (Å²) in [7, 11) is 0. The van der Waals surface area contributed by atoms with Crippen LogP contribution in [0.1, 0.15) is 18.1 Å². The predicted octanol–water partition coefficient (Wildman–Crippen LogP) is 3.47. The van der Waals surface area contributed by atoms with E-state index in [1.165, 1.54) is 0 Å². The highest BCUT2D eigenvalue weighted by Crippen LogP contribution is 2.34. The number of nitrogens with one attached hydrogen (secondary N) is 2. The molecule has 0 aliphatic carbocycles. The zero-order valence-electron chi connectivity index (χ0n) is 13.5. The highest BCUT2D eigenvalue weighted by molar-refractivity contribution is 5.96. The van der Waals surface area contributed by atoms with Crippen LogP contribution < -0.4 is 20.1 Å². The molecule has 5 nitrogen and oxygen atoms in total. The van der Waals surface area contributed by atoms with E-state index in [9.17, 15) is 4.79 Å². The van der Waals surface area contributed by atoms with Crippen molar-refractivity contribution in [3.8, 4) is 11.5 Å². The Morgan fingerprint density at radius 2 is 1.87 bits per heavy atom. The molecule has 1 unspecified atom stereocenters. The quantitative estimate of drug-likeness (QED) is 0.907. The van der Waals surface area contributed by atoms with Gasteiger partial charge in [0.15, 0.2) is 11.5 Å². The van der Waals surface area contributed by atoms with E-state index in [1.54, 1.807) is 18.2 Å². The summed E-state index contributed by atoms with van der Waals surface area (Å²) >= 11 is 0. The minimum Gasteiger partial charge on any atom is -0.454 e. The number of amides is 1. The van der Waals surface area contributed by atoms with Gasteiger partial charge >= 0.3 is 0 Å². The molecule has 3 rings (SSSR count). The van der Waals surface area contributed by atoms with Gasteiger partial charge in [-0.1, -0.05) is 12.1 Å². The zero-order chi connectivity index (χ0) is 16.4. The molecule has 1 atom stereocenters. The first-order chi connectivity index (χ1) is 11.0. The van der Waals surface area contributed by atoms with Gasteiger partial charge in [-0.3, -0.25) is 4.79 Å². The van der Waals surface area contributed by atoms with Crippen molar-refractivity contribution < 1.29 is 14.3 Å². The Morgan fingerprint density at radius 1 is 1.09 bits per heavy atom. The average molecular weight is 312 g/mol. The van der Waals surface area contributed by atoms with Crippen LogP contribution in [-0.4, -0.2) is 18.7 Å². The van der Waals surface area contributed by atoms with Crippen molar-refractivity contribution >= 4 is 17.3 Å². The molecule has 1 aliphatic rings. The SMILES string of the molecule is Cc1ccc(C)c(NC(C)C(=O)Nc2ccc3c(c2)OCO3)c1. The predicted molar refractivity (Wildman–Crippen MR) is 90.2 cm³/mol. The molecule has 0 saturated heterocycles. The van der Waals surface area contributed by atoms with Gasteiger partial charge in [-0.05, 0) is 50.1 Å². The lowest BCUT2D eigenvalue weighted by Gasteiger charge is -2.17. The van der Waals surface area contributed by atoms with Crippen LogP contribution in [0.4, 0.5) is 11.4 Å². The first-order valence-corrected chi connectivity index (χ1v) is 7.57. The second kappa shape index (κ2) is 6.20. The topological polar surface area (TPSA) is 59.6 Å². The Labute approximate surface area is 135 Å². The summed E-state index contributed by atoms with van der Waals surface area (Å²) < 4.78 is 10.6. The third-order valence-corrected chi connectivity index (χ3v) is 3.80. The summed E-state index contributed by atoms with van der Waals surface area (Å²) in [4.78, 5) is 12.4. The summed E-state index contributed by atoms with van der Waals surface area (Å²) in [6.07, 6.45) is 0. The highest BCUT2D eigenvalue weighted by atomic mass is 16.7. The lowest BCUT2D eigenvalue weighted by Crippen LogP contribution is -2.32. The normalized spacial score (nSPS) is 13.5. The molecule has 23 heavy (non-hydrogen) atoms. The number of hydrogen-bond donors (Lipinski definition) is 2. The van der Waals surface area contributed by atoms with Gasteiger partial charge in [-0.25, -0.2) is 0 Å². The molecule has 1 amide bonds. The largest absolute Gasteiger partial charge is 0.454 e. The Morgan fingerprint density at radius 3 is 2.70 bits per heavy atom. The Bertz CT molecular complexity index is 743. The van der Waals surface area contributed by atoms with Gasteiger partial charge in [-0.2, -0.15) is 0 Å². The monoisotopic (exact) mass is 312 g/mol. The molecule has 1 heterocycles. The fourth-order valence-electron chi connectivity index (χ4n) is 2.41. The summed E-state index contributed by atoms with van der Waals surface area (Å²) in [5, 5.41) is 6.14. The number of hydrogen-bond acceptors (Lipinski definition) is 4. The van der Waals surface area contributed by atoms with E-state index < -0.39 is 0 Å². The van der Waals surface area contributed by atoms with Gasteiger partial charge in [0, 0.05) is 17.4 Å². The molecule has 0 spiro atoms. The van der Waals surface area contributed by atoms with Gasteiger partial charge < -0.3 is 20.1 Å². The lowest BCUT2D eigenvalue weighted by atomic mass is 10.1. The van der Waals surface area contributed by atoms with E-state index in [-0.39, 0.29) is 18.7 Å². The van der Waals surface area contributed by atoms with Crippen LogP contribution in [0, 0.1) is 13.8 Å². The highest BCUT2D eigenvalue weighted by Gasteiger charge is 2.17. The maximum absolute atomic E-state index is 12.4. The number of carbonyl (C=O) groups is 1. The van der Waals surface area contributed by atoms with Crippen LogP contribution in [0.2, 0.25) is 0 Å². The third kappa shape index (κ3) is 3.39. The number of carbonyl (C=O) groups excluding carboxylic acids is 1. The molecule has 0 fully saturated rings. The number of aryl methyl sites for hydroxylation is 2. The van der Waals surface area contributed by atoms with E-state index in [2.05, 4.69) is 16.7 Å². The molecule has 0 radical (unpaired) electrons. The minimum absolute atomic E-state index is 0.107. The van der Waals surface area contributed by atoms with Crippen LogP contribution in [0.5, 0.6) is 11.5 Å². The van der Waals surface area contributed by atoms with Crippen molar-refractivity contribution in [2.24, 2.45) is 0 Å². The second-order valence-corrected chi connectivity index (χ2v) is 5.74. The van der Waals surface area contributed by atoms with Crippen LogP contribution in [0.15, 0.2) is 36.4 Å². The number of anilines is 2. The molecular weight excluding hydrogens is 292 g/mol. The number of benzene rings is 2. The molecule has 0 bridgehead atoms. The molecule has 120 valence electrons. The van der Waals surface area contributed by atoms with Gasteiger partial charge in [0.05, 0.1) is 0 Å². The molecule has 1 aliphatic heterocycles. The van der Waals surface area contributed by atoms with E-state index in [0.717, 1.165) is 16.8 Å². The van der Waals surface area contributed by atoms with E-state index in [4.69, 9.17) is 9.47 Å². The van der Waals surface area contributed by atoms with Gasteiger partial charge in [0.1, 0.15) is 6.04 Å². The number of rotatable bonds is 4. The van der Waals surface area contributed by atoms with Crippen LogP contribution in [-0.2, 0) is 4.79 Å². The fourth-order valence-corrected chi connectivity index (χ4v) is 2.41. The van der Waals surface area contributed by atoms with Crippen LogP contribution in [0.3, 0.4) is 0 Å². The zero-order valence-corrected chi connectivity index (χ0v) is 13.5. The van der Waals surface area contributed by atoms with E-state index >= 15 is 0 Å².